The first-order chi connectivity index (χ1) is 8.27. The Hall–Kier alpha value is -1.39. The second-order valence-electron chi connectivity index (χ2n) is 3.71. The molecule has 0 aliphatic rings. The highest BCUT2D eigenvalue weighted by Gasteiger charge is 2.10. The minimum Gasteiger partial charge on any atom is -0.550 e. The molecule has 1 heterocycles. The molecular weight excluding hydrogens is 236 g/mol. The number of carboxylic acid groups (broad SMARTS) is 1. The number of ether oxygens (including phenoxy) is 1. The molecule has 1 atom stereocenters. The minimum atomic E-state index is -1.06. The summed E-state index contributed by atoms with van der Waals surface area (Å²) in [7, 11) is 0.115. The van der Waals surface area contributed by atoms with Crippen LogP contribution in [-0.4, -0.2) is 19.2 Å². The van der Waals surface area contributed by atoms with Crippen LogP contribution in [0.5, 0.6) is 0 Å². The maximum absolute atomic E-state index is 10.2. The van der Waals surface area contributed by atoms with E-state index in [1.54, 1.807) is 0 Å². The van der Waals surface area contributed by atoms with Gasteiger partial charge in [-0.25, -0.2) is 0 Å². The predicted molar refractivity (Wildman–Crippen MR) is 66.9 cm³/mol. The largest absolute Gasteiger partial charge is 0.550 e. The van der Waals surface area contributed by atoms with Crippen LogP contribution in [0.3, 0.4) is 0 Å². The predicted octanol–water partition coefficient (Wildman–Crippen LogP) is 1.75. The summed E-state index contributed by atoms with van der Waals surface area (Å²) in [6, 6.07) is 10.5. The van der Waals surface area contributed by atoms with E-state index in [0.29, 0.717) is 6.61 Å². The number of hydrogen-bond donors (Lipinski definition) is 0. The molecule has 0 fully saturated rings. The second-order valence-corrected chi connectivity index (χ2v) is 5.69. The Morgan fingerprint density at radius 3 is 2.88 bits per heavy atom. The first kappa shape index (κ1) is 12.1. The average molecular weight is 250 g/mol. The molecule has 0 spiro atoms. The van der Waals surface area contributed by atoms with Crippen LogP contribution in [0.15, 0.2) is 35.7 Å². The van der Waals surface area contributed by atoms with Crippen LogP contribution >= 0.6 is 10.5 Å². The van der Waals surface area contributed by atoms with Gasteiger partial charge in [-0.3, -0.25) is 0 Å². The minimum absolute atomic E-state index is 0.0276. The first-order valence-corrected chi connectivity index (χ1v) is 6.97. The monoisotopic (exact) mass is 250 g/mol. The van der Waals surface area contributed by atoms with Crippen molar-refractivity contribution < 1.29 is 14.6 Å². The maximum Gasteiger partial charge on any atom is 0.180 e. The zero-order valence-electron chi connectivity index (χ0n) is 9.43. The van der Waals surface area contributed by atoms with Crippen molar-refractivity contribution >= 4 is 26.5 Å². The molecule has 0 saturated carbocycles. The Morgan fingerprint density at radius 1 is 1.24 bits per heavy atom. The molecule has 17 heavy (non-hydrogen) atoms. The van der Waals surface area contributed by atoms with Gasteiger partial charge in [0.25, 0.3) is 0 Å². The van der Waals surface area contributed by atoms with E-state index in [1.807, 2.05) is 12.1 Å². The Labute approximate surface area is 103 Å². The van der Waals surface area contributed by atoms with Gasteiger partial charge in [-0.05, 0) is 22.6 Å². The summed E-state index contributed by atoms with van der Waals surface area (Å²) >= 11 is 0. The van der Waals surface area contributed by atoms with Crippen molar-refractivity contribution in [2.45, 2.75) is 12.2 Å². The smallest absolute Gasteiger partial charge is 0.180 e. The normalized spacial score (nSPS) is 11.9. The number of carboxylic acids is 1. The Bertz CT molecular complexity index is 504. The zero-order valence-corrected chi connectivity index (χ0v) is 10.2. The fraction of sp³-hybridized carbons (Fsp3) is 0.308. The fourth-order valence-corrected chi connectivity index (χ4v) is 3.47. The van der Waals surface area contributed by atoms with Crippen molar-refractivity contribution in [1.82, 2.24) is 0 Å². The van der Waals surface area contributed by atoms with Crippen LogP contribution < -0.4 is 5.11 Å². The SMILES string of the molecule is O=C([O-])CCOCC[s+]1ccc2ccccc21. The molecule has 2 aromatic rings. The van der Waals surface area contributed by atoms with Gasteiger partial charge in [-0.15, -0.1) is 0 Å². The summed E-state index contributed by atoms with van der Waals surface area (Å²) in [5.41, 5.74) is 0. The molecule has 1 unspecified atom stereocenters. The second kappa shape index (κ2) is 5.80. The van der Waals surface area contributed by atoms with E-state index in [2.05, 4.69) is 23.6 Å². The summed E-state index contributed by atoms with van der Waals surface area (Å²) in [5.74, 6) is -0.140. The lowest BCUT2D eigenvalue weighted by molar-refractivity contribution is -0.306. The van der Waals surface area contributed by atoms with Gasteiger partial charge in [-0.2, -0.15) is 0 Å². The highest BCUT2D eigenvalue weighted by Crippen LogP contribution is 2.31. The number of rotatable bonds is 6. The van der Waals surface area contributed by atoms with Crippen LogP contribution in [0.1, 0.15) is 6.42 Å². The third kappa shape index (κ3) is 3.28. The molecule has 90 valence electrons. The molecule has 3 nitrogen and oxygen atoms in total. The standard InChI is InChI=1S/C13H14O3S/c14-13(15)5-7-16-8-10-17-9-6-11-3-1-2-4-12(11)17/h1-4,6,9H,5,7-8,10H2. The lowest BCUT2D eigenvalue weighted by Gasteiger charge is -2.01. The van der Waals surface area contributed by atoms with E-state index >= 15 is 0 Å². The number of benzene rings is 1. The molecule has 0 N–H and O–H groups in total. The van der Waals surface area contributed by atoms with Gasteiger partial charge in [0.2, 0.25) is 0 Å². The van der Waals surface area contributed by atoms with Crippen LogP contribution in [0.4, 0.5) is 0 Å². The lowest BCUT2D eigenvalue weighted by atomic mass is 10.3. The molecule has 0 aliphatic carbocycles. The molecule has 0 bridgehead atoms. The number of carbonyl (C=O) groups is 1. The van der Waals surface area contributed by atoms with Gasteiger partial charge in [0, 0.05) is 23.8 Å². The van der Waals surface area contributed by atoms with Crippen molar-refractivity contribution in [1.29, 1.82) is 0 Å². The molecular formula is C13H14O3S. The summed E-state index contributed by atoms with van der Waals surface area (Å²) in [6.07, 6.45) is -0.0276. The summed E-state index contributed by atoms with van der Waals surface area (Å²) in [6.45, 7) is 0.833. The van der Waals surface area contributed by atoms with E-state index in [1.165, 1.54) is 10.1 Å². The molecule has 4 heteroatoms. The Morgan fingerprint density at radius 2 is 2.06 bits per heavy atom. The van der Waals surface area contributed by atoms with Gasteiger partial charge < -0.3 is 14.6 Å². The number of carbonyl (C=O) groups excluding carboxylic acids is 1. The van der Waals surface area contributed by atoms with E-state index < -0.39 is 5.97 Å². The lowest BCUT2D eigenvalue weighted by Crippen LogP contribution is -2.23. The number of hydrogen-bond acceptors (Lipinski definition) is 3. The van der Waals surface area contributed by atoms with Crippen LogP contribution in [-0.2, 0) is 15.3 Å². The Kier molecular flexibility index (Phi) is 4.12. The molecule has 1 aromatic carbocycles. The average Bonchev–Trinajstić information content (AvgIpc) is 2.72. The van der Waals surface area contributed by atoms with Crippen LogP contribution in [0, 0.1) is 0 Å². The van der Waals surface area contributed by atoms with Crippen LogP contribution in [0.25, 0.3) is 10.1 Å². The van der Waals surface area contributed by atoms with Crippen molar-refractivity contribution in [3.63, 3.8) is 0 Å². The fourth-order valence-electron chi connectivity index (χ4n) is 1.67. The van der Waals surface area contributed by atoms with Crippen molar-refractivity contribution in [2.75, 3.05) is 13.2 Å². The molecule has 0 radical (unpaired) electrons. The van der Waals surface area contributed by atoms with Crippen molar-refractivity contribution in [3.8, 4) is 0 Å². The quantitative estimate of drug-likeness (QED) is 0.579. The molecule has 2 rings (SSSR count). The number of aliphatic carboxylic acids is 1. The third-order valence-corrected chi connectivity index (χ3v) is 4.52. The van der Waals surface area contributed by atoms with Crippen molar-refractivity contribution in [2.24, 2.45) is 0 Å². The number of thiophene rings is 1. The van der Waals surface area contributed by atoms with E-state index in [4.69, 9.17) is 4.74 Å². The van der Waals surface area contributed by atoms with E-state index in [0.717, 1.165) is 5.75 Å². The summed E-state index contributed by atoms with van der Waals surface area (Å²) < 4.78 is 6.63. The van der Waals surface area contributed by atoms with Gasteiger partial charge in [-0.1, -0.05) is 12.1 Å². The van der Waals surface area contributed by atoms with Gasteiger partial charge in [0.15, 0.2) is 10.5 Å². The third-order valence-electron chi connectivity index (χ3n) is 2.51. The van der Waals surface area contributed by atoms with Gasteiger partial charge in [0.05, 0.1) is 13.2 Å². The molecule has 0 saturated heterocycles. The molecule has 0 amide bonds. The first-order valence-electron chi connectivity index (χ1n) is 5.52. The van der Waals surface area contributed by atoms with E-state index in [9.17, 15) is 9.90 Å². The van der Waals surface area contributed by atoms with Crippen LogP contribution in [0.2, 0.25) is 0 Å². The zero-order chi connectivity index (χ0) is 12.1. The summed E-state index contributed by atoms with van der Waals surface area (Å²) in [5, 5.41) is 13.7. The van der Waals surface area contributed by atoms with Crippen molar-refractivity contribution in [3.05, 3.63) is 35.7 Å². The Balaban J connectivity index is 1.85. The molecule has 0 aliphatic heterocycles. The summed E-state index contributed by atoms with van der Waals surface area (Å²) in [4.78, 5) is 10.2. The highest BCUT2D eigenvalue weighted by atomic mass is 32.2. The molecule has 1 aromatic heterocycles. The topological polar surface area (TPSA) is 49.4 Å². The highest BCUT2D eigenvalue weighted by molar-refractivity contribution is 7.35. The number of fused-ring (bicyclic) bond motifs is 1. The van der Waals surface area contributed by atoms with Gasteiger partial charge in [0.1, 0.15) is 5.38 Å². The van der Waals surface area contributed by atoms with E-state index in [-0.39, 0.29) is 23.5 Å². The maximum atomic E-state index is 10.2. The van der Waals surface area contributed by atoms with Gasteiger partial charge >= 0.3 is 0 Å².